The normalized spacial score (nSPS) is 34.5. The minimum Gasteiger partial charge on any atom is -0.373 e. The highest BCUT2D eigenvalue weighted by Gasteiger charge is 2.35. The quantitative estimate of drug-likeness (QED) is 0.795. The number of carbonyl (C=O) groups excluding carboxylic acids is 2. The molecule has 0 bridgehead atoms. The highest BCUT2D eigenvalue weighted by atomic mass is 16.5. The first-order chi connectivity index (χ1) is 10.2. The number of nitrogens with one attached hydrogen (secondary N) is 1. The summed E-state index contributed by atoms with van der Waals surface area (Å²) in [4.78, 5) is 28.4. The molecule has 3 heterocycles. The number of rotatable bonds is 3. The molecule has 0 aromatic carbocycles. The van der Waals surface area contributed by atoms with Crippen molar-refractivity contribution in [1.29, 1.82) is 0 Å². The van der Waals surface area contributed by atoms with E-state index in [1.807, 2.05) is 11.8 Å². The third-order valence-corrected chi connectivity index (χ3v) is 4.85. The van der Waals surface area contributed by atoms with Crippen molar-refractivity contribution in [2.75, 3.05) is 32.8 Å². The summed E-state index contributed by atoms with van der Waals surface area (Å²) >= 11 is 0. The van der Waals surface area contributed by atoms with Crippen LogP contribution in [0.4, 0.5) is 0 Å². The lowest BCUT2D eigenvalue weighted by Crippen LogP contribution is -2.52. The molecule has 6 nitrogen and oxygen atoms in total. The fourth-order valence-electron chi connectivity index (χ4n) is 3.60. The van der Waals surface area contributed by atoms with Gasteiger partial charge in [-0.3, -0.25) is 14.5 Å². The summed E-state index contributed by atoms with van der Waals surface area (Å²) in [7, 11) is 0. The first kappa shape index (κ1) is 14.8. The van der Waals surface area contributed by atoms with Crippen LogP contribution in [-0.4, -0.2) is 72.6 Å². The summed E-state index contributed by atoms with van der Waals surface area (Å²) in [5, 5.41) is 2.80. The van der Waals surface area contributed by atoms with Crippen molar-refractivity contribution < 1.29 is 14.3 Å². The molecule has 0 radical (unpaired) electrons. The Bertz CT molecular complexity index is 415. The van der Waals surface area contributed by atoms with Crippen LogP contribution >= 0.6 is 0 Å². The zero-order chi connectivity index (χ0) is 14.8. The third-order valence-electron chi connectivity index (χ3n) is 4.85. The van der Waals surface area contributed by atoms with Crippen molar-refractivity contribution in [1.82, 2.24) is 15.1 Å². The largest absolute Gasteiger partial charge is 0.373 e. The SMILES string of the molecule is CCC1NC(=O)CCN(CC2CN3CCCC3CO2)C1=O. The molecule has 6 heteroatoms. The van der Waals surface area contributed by atoms with Crippen LogP contribution in [0.3, 0.4) is 0 Å². The molecule has 21 heavy (non-hydrogen) atoms. The summed E-state index contributed by atoms with van der Waals surface area (Å²) < 4.78 is 5.94. The Morgan fingerprint density at radius 2 is 2.19 bits per heavy atom. The van der Waals surface area contributed by atoms with Crippen molar-refractivity contribution in [3.05, 3.63) is 0 Å². The number of amides is 2. The number of fused-ring (bicyclic) bond motifs is 1. The van der Waals surface area contributed by atoms with Gasteiger partial charge in [-0.05, 0) is 25.8 Å². The zero-order valence-corrected chi connectivity index (χ0v) is 12.7. The number of hydrogen-bond acceptors (Lipinski definition) is 4. The van der Waals surface area contributed by atoms with Gasteiger partial charge < -0.3 is 15.0 Å². The van der Waals surface area contributed by atoms with E-state index >= 15 is 0 Å². The second-order valence-corrected chi connectivity index (χ2v) is 6.31. The molecule has 2 amide bonds. The van der Waals surface area contributed by atoms with Crippen LogP contribution in [-0.2, 0) is 14.3 Å². The van der Waals surface area contributed by atoms with E-state index in [1.165, 1.54) is 12.8 Å². The molecule has 0 aliphatic carbocycles. The molecular weight excluding hydrogens is 270 g/mol. The standard InChI is InChI=1S/C15H25N3O3/c1-2-13-15(20)18(7-5-14(19)16-13)9-12-8-17-6-3-4-11(17)10-21-12/h11-13H,2-10H2,1H3,(H,16,19). The van der Waals surface area contributed by atoms with Crippen LogP contribution in [0, 0.1) is 0 Å². The number of carbonyl (C=O) groups is 2. The van der Waals surface area contributed by atoms with Gasteiger partial charge in [0.05, 0.1) is 12.7 Å². The smallest absolute Gasteiger partial charge is 0.245 e. The Morgan fingerprint density at radius 1 is 1.33 bits per heavy atom. The van der Waals surface area contributed by atoms with E-state index in [0.717, 1.165) is 19.7 Å². The first-order valence-corrected chi connectivity index (χ1v) is 8.11. The van der Waals surface area contributed by atoms with Crippen molar-refractivity contribution in [3.8, 4) is 0 Å². The predicted molar refractivity (Wildman–Crippen MR) is 77.8 cm³/mol. The molecular formula is C15H25N3O3. The molecule has 0 spiro atoms. The van der Waals surface area contributed by atoms with E-state index < -0.39 is 0 Å². The number of hydrogen-bond donors (Lipinski definition) is 1. The summed E-state index contributed by atoms with van der Waals surface area (Å²) in [6, 6.07) is 0.204. The van der Waals surface area contributed by atoms with Gasteiger partial charge in [0.2, 0.25) is 11.8 Å². The van der Waals surface area contributed by atoms with Gasteiger partial charge in [-0.15, -0.1) is 0 Å². The van der Waals surface area contributed by atoms with E-state index in [1.54, 1.807) is 0 Å². The predicted octanol–water partition coefficient (Wildman–Crippen LogP) is -0.0233. The van der Waals surface area contributed by atoms with Gasteiger partial charge >= 0.3 is 0 Å². The van der Waals surface area contributed by atoms with Gasteiger partial charge in [-0.25, -0.2) is 0 Å². The van der Waals surface area contributed by atoms with Gasteiger partial charge in [0.1, 0.15) is 6.04 Å². The molecule has 0 saturated carbocycles. The highest BCUT2D eigenvalue weighted by molar-refractivity contribution is 5.89. The average molecular weight is 295 g/mol. The second kappa shape index (κ2) is 6.32. The fraction of sp³-hybridized carbons (Fsp3) is 0.867. The monoisotopic (exact) mass is 295 g/mol. The van der Waals surface area contributed by atoms with Crippen molar-refractivity contribution in [2.24, 2.45) is 0 Å². The molecule has 0 aromatic heterocycles. The highest BCUT2D eigenvalue weighted by Crippen LogP contribution is 2.23. The maximum Gasteiger partial charge on any atom is 0.245 e. The van der Waals surface area contributed by atoms with Crippen LogP contribution in [0.15, 0.2) is 0 Å². The van der Waals surface area contributed by atoms with Gasteiger partial charge in [0.25, 0.3) is 0 Å². The Hall–Kier alpha value is -1.14. The number of nitrogens with zero attached hydrogens (tertiary/aromatic N) is 2. The number of morpholine rings is 1. The summed E-state index contributed by atoms with van der Waals surface area (Å²) in [5.41, 5.74) is 0. The van der Waals surface area contributed by atoms with Crippen LogP contribution in [0.5, 0.6) is 0 Å². The summed E-state index contributed by atoms with van der Waals surface area (Å²) in [6.45, 7) is 5.88. The molecule has 118 valence electrons. The molecule has 3 unspecified atom stereocenters. The number of ether oxygens (including phenoxy) is 1. The van der Waals surface area contributed by atoms with E-state index in [-0.39, 0.29) is 24.0 Å². The molecule has 3 aliphatic rings. The van der Waals surface area contributed by atoms with Gasteiger partial charge in [0.15, 0.2) is 0 Å². The maximum atomic E-state index is 12.5. The average Bonchev–Trinajstić information content (AvgIpc) is 2.90. The Balaban J connectivity index is 1.60. The van der Waals surface area contributed by atoms with Crippen molar-refractivity contribution >= 4 is 11.8 Å². The van der Waals surface area contributed by atoms with Crippen molar-refractivity contribution in [2.45, 2.75) is 50.8 Å². The molecule has 3 atom stereocenters. The Morgan fingerprint density at radius 3 is 3.00 bits per heavy atom. The lowest BCUT2D eigenvalue weighted by atomic mass is 10.1. The zero-order valence-electron chi connectivity index (χ0n) is 12.7. The van der Waals surface area contributed by atoms with Crippen LogP contribution in [0.1, 0.15) is 32.6 Å². The van der Waals surface area contributed by atoms with Gasteiger partial charge in [-0.1, -0.05) is 6.92 Å². The molecule has 3 aliphatic heterocycles. The van der Waals surface area contributed by atoms with E-state index in [2.05, 4.69) is 10.2 Å². The molecule has 1 N–H and O–H groups in total. The second-order valence-electron chi connectivity index (χ2n) is 6.31. The Kier molecular flexibility index (Phi) is 4.45. The minimum absolute atomic E-state index is 0.0260. The van der Waals surface area contributed by atoms with Crippen molar-refractivity contribution in [3.63, 3.8) is 0 Å². The molecule has 3 fully saturated rings. The van der Waals surface area contributed by atoms with Crippen LogP contribution in [0.2, 0.25) is 0 Å². The Labute approximate surface area is 125 Å². The van der Waals surface area contributed by atoms with E-state index in [4.69, 9.17) is 4.74 Å². The maximum absolute atomic E-state index is 12.5. The molecule has 3 saturated heterocycles. The minimum atomic E-state index is -0.372. The van der Waals surface area contributed by atoms with Crippen LogP contribution in [0.25, 0.3) is 0 Å². The molecule has 3 rings (SSSR count). The topological polar surface area (TPSA) is 61.9 Å². The van der Waals surface area contributed by atoms with E-state index in [0.29, 0.717) is 32.0 Å². The first-order valence-electron chi connectivity index (χ1n) is 8.11. The van der Waals surface area contributed by atoms with Gasteiger partial charge in [-0.2, -0.15) is 0 Å². The fourth-order valence-corrected chi connectivity index (χ4v) is 3.60. The molecule has 0 aromatic rings. The summed E-state index contributed by atoms with van der Waals surface area (Å²) in [5.74, 6) is 0.0114. The lowest BCUT2D eigenvalue weighted by Gasteiger charge is -2.37. The van der Waals surface area contributed by atoms with E-state index in [9.17, 15) is 9.59 Å². The summed E-state index contributed by atoms with van der Waals surface area (Å²) in [6.07, 6.45) is 3.59. The lowest BCUT2D eigenvalue weighted by molar-refractivity contribution is -0.137. The van der Waals surface area contributed by atoms with Crippen LogP contribution < -0.4 is 5.32 Å². The van der Waals surface area contributed by atoms with Gasteiger partial charge in [0, 0.05) is 32.1 Å². The third kappa shape index (κ3) is 3.21.